The van der Waals surface area contributed by atoms with Crippen LogP contribution in [-0.4, -0.2) is 11.9 Å². The third kappa shape index (κ3) is 4.26. The summed E-state index contributed by atoms with van der Waals surface area (Å²) in [5, 5.41) is 6.14. The van der Waals surface area contributed by atoms with Crippen LogP contribution in [0, 0.1) is 0 Å². The van der Waals surface area contributed by atoms with Crippen LogP contribution in [0.1, 0.15) is 6.92 Å². The topological polar surface area (TPSA) is 41.5 Å². The highest BCUT2D eigenvalue weighted by Gasteiger charge is 2.27. The van der Waals surface area contributed by atoms with Crippen LogP contribution in [0.3, 0.4) is 0 Å². The molecule has 25 heavy (non-hydrogen) atoms. The molecule has 0 aromatic heterocycles. The van der Waals surface area contributed by atoms with Gasteiger partial charge in [-0.1, -0.05) is 78.9 Å². The third-order valence-electron chi connectivity index (χ3n) is 3.95. The second-order valence-corrected chi connectivity index (χ2v) is 8.72. The van der Waals surface area contributed by atoms with Gasteiger partial charge in [0.25, 0.3) is 0 Å². The van der Waals surface area contributed by atoms with E-state index in [1.54, 1.807) is 0 Å². The Morgan fingerprint density at radius 3 is 1.72 bits per heavy atom. The number of hydrazone groups is 1. The van der Waals surface area contributed by atoms with Crippen molar-refractivity contribution in [1.29, 1.82) is 0 Å². The minimum absolute atomic E-state index is 0.404. The predicted octanol–water partition coefficient (Wildman–Crippen LogP) is 4.49. The first-order valence-electron chi connectivity index (χ1n) is 8.23. The fourth-order valence-corrected chi connectivity index (χ4v) is 5.39. The number of hydrogen-bond acceptors (Lipinski definition) is 3. The molecule has 0 aliphatic heterocycles. The highest BCUT2D eigenvalue weighted by Crippen LogP contribution is 2.43. The molecule has 0 saturated carbocycles. The minimum atomic E-state index is -2.77. The summed E-state index contributed by atoms with van der Waals surface area (Å²) in [5.41, 5.74) is 4.76. The molecule has 3 rings (SSSR count). The molecule has 0 aliphatic carbocycles. The van der Waals surface area contributed by atoms with Crippen molar-refractivity contribution in [3.05, 3.63) is 91.0 Å². The SMILES string of the molecule is C/C(CP(=O)(c1ccccc1)c1ccccc1)=N\Nc1ccccc1. The molecule has 0 spiro atoms. The van der Waals surface area contributed by atoms with Gasteiger partial charge < -0.3 is 4.57 Å². The molecule has 3 aromatic carbocycles. The largest absolute Gasteiger partial charge is 0.313 e. The Kier molecular flexibility index (Phi) is 5.47. The fourth-order valence-electron chi connectivity index (χ4n) is 2.70. The van der Waals surface area contributed by atoms with Crippen molar-refractivity contribution in [2.24, 2.45) is 5.10 Å². The van der Waals surface area contributed by atoms with E-state index in [4.69, 9.17) is 0 Å². The van der Waals surface area contributed by atoms with Crippen LogP contribution in [0.15, 0.2) is 96.1 Å². The predicted molar refractivity (Wildman–Crippen MR) is 108 cm³/mol. The van der Waals surface area contributed by atoms with Crippen LogP contribution in [-0.2, 0) is 4.57 Å². The Morgan fingerprint density at radius 2 is 1.24 bits per heavy atom. The molecule has 0 amide bonds. The van der Waals surface area contributed by atoms with E-state index in [0.717, 1.165) is 22.0 Å². The first-order chi connectivity index (χ1) is 12.2. The summed E-state index contributed by atoms with van der Waals surface area (Å²) in [4.78, 5) is 0. The van der Waals surface area contributed by atoms with Crippen LogP contribution in [0.25, 0.3) is 0 Å². The highest BCUT2D eigenvalue weighted by molar-refractivity contribution is 7.79. The van der Waals surface area contributed by atoms with Crippen molar-refractivity contribution in [3.63, 3.8) is 0 Å². The molecule has 0 atom stereocenters. The van der Waals surface area contributed by atoms with Crippen molar-refractivity contribution >= 4 is 29.2 Å². The number of benzene rings is 3. The lowest BCUT2D eigenvalue weighted by Crippen LogP contribution is -2.21. The maximum Gasteiger partial charge on any atom is 0.148 e. The molecule has 126 valence electrons. The average Bonchev–Trinajstić information content (AvgIpc) is 2.68. The number of anilines is 1. The first-order valence-corrected chi connectivity index (χ1v) is 10.1. The smallest absolute Gasteiger partial charge is 0.148 e. The number of rotatable bonds is 6. The van der Waals surface area contributed by atoms with E-state index in [1.165, 1.54) is 0 Å². The Hall–Kier alpha value is -2.64. The number of hydrogen-bond donors (Lipinski definition) is 1. The molecule has 1 N–H and O–H groups in total. The lowest BCUT2D eigenvalue weighted by molar-refractivity contribution is 0.589. The van der Waals surface area contributed by atoms with Crippen molar-refractivity contribution in [1.82, 2.24) is 0 Å². The van der Waals surface area contributed by atoms with E-state index < -0.39 is 7.14 Å². The zero-order valence-corrected chi connectivity index (χ0v) is 15.1. The van der Waals surface area contributed by atoms with Gasteiger partial charge in [0, 0.05) is 22.5 Å². The van der Waals surface area contributed by atoms with Gasteiger partial charge >= 0.3 is 0 Å². The van der Waals surface area contributed by atoms with Crippen LogP contribution in [0.4, 0.5) is 5.69 Å². The van der Waals surface area contributed by atoms with Gasteiger partial charge in [-0.25, -0.2) is 0 Å². The molecule has 0 fully saturated rings. The van der Waals surface area contributed by atoms with Gasteiger partial charge in [0.2, 0.25) is 0 Å². The van der Waals surface area contributed by atoms with Crippen LogP contribution >= 0.6 is 7.14 Å². The zero-order chi connectivity index (χ0) is 17.5. The lowest BCUT2D eigenvalue weighted by Gasteiger charge is -2.19. The lowest BCUT2D eigenvalue weighted by atomic mass is 10.3. The molecule has 4 heteroatoms. The normalized spacial score (nSPS) is 12.0. The summed E-state index contributed by atoms with van der Waals surface area (Å²) in [6, 6.07) is 29.1. The minimum Gasteiger partial charge on any atom is -0.313 e. The molecule has 0 saturated heterocycles. The van der Waals surface area contributed by atoms with E-state index in [0.29, 0.717) is 6.16 Å². The summed E-state index contributed by atoms with van der Waals surface area (Å²) >= 11 is 0. The maximum absolute atomic E-state index is 13.9. The monoisotopic (exact) mass is 348 g/mol. The summed E-state index contributed by atoms with van der Waals surface area (Å²) in [7, 11) is -2.77. The molecule has 3 aromatic rings. The van der Waals surface area contributed by atoms with E-state index in [2.05, 4.69) is 10.5 Å². The van der Waals surface area contributed by atoms with Crippen molar-refractivity contribution < 1.29 is 4.57 Å². The number of para-hydroxylation sites is 1. The van der Waals surface area contributed by atoms with E-state index in [-0.39, 0.29) is 0 Å². The summed E-state index contributed by atoms with van der Waals surface area (Å²) in [5.74, 6) is 0. The molecule has 0 unspecified atom stereocenters. The standard InChI is InChI=1S/C21H21N2OP/c1-18(22-23-19-11-5-2-6-12-19)17-25(24,20-13-7-3-8-14-20)21-15-9-4-10-16-21/h2-16,23H,17H2,1H3/b22-18+. The Balaban J connectivity index is 1.89. The zero-order valence-electron chi connectivity index (χ0n) is 14.2. The van der Waals surface area contributed by atoms with Gasteiger partial charge in [-0.15, -0.1) is 0 Å². The first kappa shape index (κ1) is 17.2. The van der Waals surface area contributed by atoms with Crippen LogP contribution in [0.2, 0.25) is 0 Å². The van der Waals surface area contributed by atoms with Gasteiger partial charge in [0.1, 0.15) is 7.14 Å². The molecule has 0 bridgehead atoms. The average molecular weight is 348 g/mol. The van der Waals surface area contributed by atoms with Gasteiger partial charge in [-0.2, -0.15) is 5.10 Å². The summed E-state index contributed by atoms with van der Waals surface area (Å²) < 4.78 is 13.9. The number of nitrogens with zero attached hydrogens (tertiary/aromatic N) is 1. The Labute approximate surface area is 148 Å². The summed E-state index contributed by atoms with van der Waals surface area (Å²) in [6.45, 7) is 1.91. The Bertz CT molecular complexity index is 834. The van der Waals surface area contributed by atoms with E-state index in [9.17, 15) is 4.57 Å². The van der Waals surface area contributed by atoms with Crippen molar-refractivity contribution in [3.8, 4) is 0 Å². The van der Waals surface area contributed by atoms with Gasteiger partial charge in [-0.3, -0.25) is 5.43 Å². The van der Waals surface area contributed by atoms with Crippen LogP contribution < -0.4 is 16.0 Å². The molecular formula is C21H21N2OP. The molecule has 0 heterocycles. The van der Waals surface area contributed by atoms with Crippen molar-refractivity contribution in [2.45, 2.75) is 6.92 Å². The summed E-state index contributed by atoms with van der Waals surface area (Å²) in [6.07, 6.45) is 0.404. The molecule has 0 aliphatic rings. The van der Waals surface area contributed by atoms with E-state index in [1.807, 2.05) is 97.9 Å². The quantitative estimate of drug-likeness (QED) is 0.405. The second kappa shape index (κ2) is 7.96. The molecule has 3 nitrogen and oxygen atoms in total. The van der Waals surface area contributed by atoms with Gasteiger partial charge in [0.05, 0.1) is 5.69 Å². The third-order valence-corrected chi connectivity index (χ3v) is 7.12. The van der Waals surface area contributed by atoms with Crippen LogP contribution in [0.5, 0.6) is 0 Å². The maximum atomic E-state index is 13.9. The molecule has 0 radical (unpaired) electrons. The van der Waals surface area contributed by atoms with Crippen molar-refractivity contribution in [2.75, 3.05) is 11.6 Å². The van der Waals surface area contributed by atoms with E-state index >= 15 is 0 Å². The fraction of sp³-hybridized carbons (Fsp3) is 0.0952. The van der Waals surface area contributed by atoms with Gasteiger partial charge in [-0.05, 0) is 19.1 Å². The Morgan fingerprint density at radius 1 is 0.800 bits per heavy atom. The highest BCUT2D eigenvalue weighted by atomic mass is 31.2. The van der Waals surface area contributed by atoms with Gasteiger partial charge in [0.15, 0.2) is 0 Å². The number of nitrogens with one attached hydrogen (secondary N) is 1. The molecular weight excluding hydrogens is 327 g/mol. The second-order valence-electron chi connectivity index (χ2n) is 5.89.